The second kappa shape index (κ2) is 12.6. The number of pyridine rings is 1. The lowest BCUT2D eigenvalue weighted by molar-refractivity contribution is -0.694. The molecule has 1 nitrogen and oxygen atoms in total. The molecule has 0 fully saturated rings. The molecule has 134 valence electrons. The fourth-order valence-corrected chi connectivity index (χ4v) is 3.61. The van der Waals surface area contributed by atoms with Crippen LogP contribution in [-0.2, 0) is 0 Å². The predicted octanol–water partition coefficient (Wildman–Crippen LogP) is 3.44. The van der Waals surface area contributed by atoms with Crippen molar-refractivity contribution in [1.82, 2.24) is 0 Å². The maximum Gasteiger partial charge on any atom is 0.212 e. The Labute approximate surface area is 158 Å². The molecule has 0 aliphatic heterocycles. The second-order valence-corrected chi connectivity index (χ2v) is 6.85. The number of halogens is 2. The summed E-state index contributed by atoms with van der Waals surface area (Å²) in [7, 11) is 0. The summed E-state index contributed by atoms with van der Waals surface area (Å²) < 4.78 is 2.36. The topological polar surface area (TPSA) is 3.88 Å². The van der Waals surface area contributed by atoms with E-state index in [-0.39, 0.29) is 12.4 Å². The van der Waals surface area contributed by atoms with Crippen molar-refractivity contribution in [2.75, 3.05) is 5.88 Å². The Bertz CT molecular complexity index is 565. The molecule has 2 aromatic rings. The Kier molecular flexibility index (Phi) is 11.1. The molecule has 1 heterocycles. The first-order chi connectivity index (χ1) is 11.4. The number of alkyl halides is 1. The Hall–Kier alpha value is -0.790. The van der Waals surface area contributed by atoms with E-state index in [1.54, 1.807) is 0 Å². The van der Waals surface area contributed by atoms with Crippen LogP contribution in [0.1, 0.15) is 70.8 Å². The average molecular weight is 368 g/mol. The summed E-state index contributed by atoms with van der Waals surface area (Å²) >= 11 is 6.28. The number of fused-ring (bicyclic) bond motifs is 1. The molecule has 0 amide bonds. The monoisotopic (exact) mass is 367 g/mol. The van der Waals surface area contributed by atoms with Crippen LogP contribution in [0.4, 0.5) is 0 Å². The highest BCUT2D eigenvalue weighted by Crippen LogP contribution is 2.17. The fourth-order valence-electron chi connectivity index (χ4n) is 3.31. The van der Waals surface area contributed by atoms with Crippen LogP contribution in [0.3, 0.4) is 0 Å². The quantitative estimate of drug-likeness (QED) is 0.325. The molecule has 2 rings (SSSR count). The zero-order valence-electron chi connectivity index (χ0n) is 14.9. The molecule has 1 unspecified atom stereocenters. The summed E-state index contributed by atoms with van der Waals surface area (Å²) in [5.74, 6) is 0.690. The van der Waals surface area contributed by atoms with Crippen LogP contribution in [0.5, 0.6) is 0 Å². The van der Waals surface area contributed by atoms with Gasteiger partial charge in [-0.2, -0.15) is 4.57 Å². The molecular weight excluding hydrogens is 337 g/mol. The second-order valence-electron chi connectivity index (χ2n) is 6.55. The Morgan fingerprint density at radius 1 is 0.875 bits per heavy atom. The number of rotatable bonds is 11. The van der Waals surface area contributed by atoms with Gasteiger partial charge in [-0.15, -0.1) is 11.6 Å². The highest BCUT2D eigenvalue weighted by molar-refractivity contribution is 6.18. The highest BCUT2D eigenvalue weighted by Gasteiger charge is 2.19. The molecule has 0 aliphatic rings. The minimum atomic E-state index is 0. The first-order valence-electron chi connectivity index (χ1n) is 9.31. The molecule has 0 aliphatic carbocycles. The van der Waals surface area contributed by atoms with Gasteiger partial charge in [0.2, 0.25) is 5.52 Å². The van der Waals surface area contributed by atoms with Crippen molar-refractivity contribution in [2.24, 2.45) is 0 Å². The minimum absolute atomic E-state index is 0. The van der Waals surface area contributed by atoms with Gasteiger partial charge in [0.05, 0.1) is 5.88 Å². The normalized spacial score (nSPS) is 12.1. The molecule has 0 N–H and O–H groups in total. The van der Waals surface area contributed by atoms with Crippen molar-refractivity contribution in [3.8, 4) is 0 Å². The largest absolute Gasteiger partial charge is 1.00 e. The number of nitrogens with zero attached hydrogens (tertiary/aromatic N) is 1. The van der Waals surface area contributed by atoms with Crippen molar-refractivity contribution in [1.29, 1.82) is 0 Å². The number of benzene rings is 1. The van der Waals surface area contributed by atoms with Gasteiger partial charge in [-0.05, 0) is 18.6 Å². The van der Waals surface area contributed by atoms with E-state index in [0.717, 1.165) is 0 Å². The number of unbranched alkanes of at least 4 members (excludes halogenated alkanes) is 7. The van der Waals surface area contributed by atoms with Crippen molar-refractivity contribution in [3.05, 3.63) is 42.6 Å². The van der Waals surface area contributed by atoms with Crippen molar-refractivity contribution in [3.63, 3.8) is 0 Å². The van der Waals surface area contributed by atoms with E-state index >= 15 is 0 Å². The van der Waals surface area contributed by atoms with E-state index in [4.69, 9.17) is 11.6 Å². The number of aromatic nitrogens is 1. The Balaban J connectivity index is 0.00000288. The van der Waals surface area contributed by atoms with E-state index in [1.807, 2.05) is 0 Å². The van der Waals surface area contributed by atoms with Crippen LogP contribution in [0.2, 0.25) is 0 Å². The van der Waals surface area contributed by atoms with Gasteiger partial charge in [0.1, 0.15) is 0 Å². The van der Waals surface area contributed by atoms with Crippen LogP contribution in [0.15, 0.2) is 42.6 Å². The fraction of sp³-hybridized carbons (Fsp3) is 0.571. The summed E-state index contributed by atoms with van der Waals surface area (Å²) in [5.41, 5.74) is 1.29. The summed E-state index contributed by atoms with van der Waals surface area (Å²) in [6.45, 7) is 2.28. The molecule has 24 heavy (non-hydrogen) atoms. The summed E-state index contributed by atoms with van der Waals surface area (Å²) in [4.78, 5) is 0. The first kappa shape index (κ1) is 21.3. The Morgan fingerprint density at radius 3 is 2.21 bits per heavy atom. The summed E-state index contributed by atoms with van der Waals surface area (Å²) in [6.07, 6.45) is 14.3. The van der Waals surface area contributed by atoms with Gasteiger partial charge in [0.25, 0.3) is 0 Å². The van der Waals surface area contributed by atoms with Crippen LogP contribution >= 0.6 is 11.6 Å². The zero-order valence-corrected chi connectivity index (χ0v) is 16.4. The maximum absolute atomic E-state index is 6.28. The molecule has 0 spiro atoms. The van der Waals surface area contributed by atoms with E-state index in [1.165, 1.54) is 68.7 Å². The predicted molar refractivity (Wildman–Crippen MR) is 101 cm³/mol. The molecule has 0 saturated carbocycles. The molecule has 0 saturated heterocycles. The first-order valence-corrected chi connectivity index (χ1v) is 9.85. The van der Waals surface area contributed by atoms with Gasteiger partial charge < -0.3 is 12.4 Å². The standard InChI is InChI=1S/C21H31ClN.ClH/c1-2-3-4-5-6-7-8-9-15-20(18-22)23-17-12-14-19-13-10-11-16-21(19)23;/h10-14,16-17,20H,2-9,15,18H2,1H3;1H/q+1;/p-1. The molecule has 0 radical (unpaired) electrons. The van der Waals surface area contributed by atoms with Crippen LogP contribution in [0, 0.1) is 0 Å². The van der Waals surface area contributed by atoms with Gasteiger partial charge in [0, 0.05) is 23.9 Å². The summed E-state index contributed by atoms with van der Waals surface area (Å²) in [5, 5.41) is 1.29. The third-order valence-corrected chi connectivity index (χ3v) is 5.06. The third-order valence-electron chi connectivity index (χ3n) is 4.70. The lowest BCUT2D eigenvalue weighted by atomic mass is 10.0. The Morgan fingerprint density at radius 2 is 1.50 bits per heavy atom. The maximum atomic E-state index is 6.28. The smallest absolute Gasteiger partial charge is 0.212 e. The number of para-hydroxylation sites is 1. The zero-order chi connectivity index (χ0) is 16.3. The molecular formula is C21H31Cl2N. The van der Waals surface area contributed by atoms with Gasteiger partial charge >= 0.3 is 0 Å². The van der Waals surface area contributed by atoms with Crippen molar-refractivity contribution >= 4 is 22.5 Å². The van der Waals surface area contributed by atoms with E-state index < -0.39 is 0 Å². The van der Waals surface area contributed by atoms with E-state index in [9.17, 15) is 0 Å². The van der Waals surface area contributed by atoms with Gasteiger partial charge in [0.15, 0.2) is 12.2 Å². The van der Waals surface area contributed by atoms with Gasteiger partial charge in [-0.1, -0.05) is 64.0 Å². The lowest BCUT2D eigenvalue weighted by Gasteiger charge is -2.11. The van der Waals surface area contributed by atoms with E-state index in [0.29, 0.717) is 11.9 Å². The van der Waals surface area contributed by atoms with Crippen LogP contribution in [-0.4, -0.2) is 5.88 Å². The highest BCUT2D eigenvalue weighted by atomic mass is 35.5. The number of hydrogen-bond donors (Lipinski definition) is 0. The van der Waals surface area contributed by atoms with Crippen molar-refractivity contribution < 1.29 is 17.0 Å². The lowest BCUT2D eigenvalue weighted by Crippen LogP contribution is -3.00. The van der Waals surface area contributed by atoms with Crippen LogP contribution < -0.4 is 17.0 Å². The molecule has 0 bridgehead atoms. The summed E-state index contributed by atoms with van der Waals surface area (Å²) in [6, 6.07) is 13.3. The van der Waals surface area contributed by atoms with E-state index in [2.05, 4.69) is 54.1 Å². The van der Waals surface area contributed by atoms with Crippen molar-refractivity contribution in [2.45, 2.75) is 70.8 Å². The minimum Gasteiger partial charge on any atom is -1.00 e. The van der Waals surface area contributed by atoms with Gasteiger partial charge in [-0.3, -0.25) is 0 Å². The molecule has 1 atom stereocenters. The molecule has 1 aromatic carbocycles. The SMILES string of the molecule is CCCCCCCCCCC(CCl)[n+]1cccc2ccccc21.[Cl-]. The number of hydrogen-bond acceptors (Lipinski definition) is 0. The van der Waals surface area contributed by atoms with Gasteiger partial charge in [-0.25, -0.2) is 0 Å². The molecule has 1 aromatic heterocycles. The average Bonchev–Trinajstić information content (AvgIpc) is 2.60. The third kappa shape index (κ3) is 6.61. The molecule has 3 heteroatoms. The van der Waals surface area contributed by atoms with Crippen LogP contribution in [0.25, 0.3) is 10.9 Å².